The van der Waals surface area contributed by atoms with E-state index in [9.17, 15) is 8.42 Å². The molecule has 5 nitrogen and oxygen atoms in total. The molecule has 2 aromatic heterocycles. The van der Waals surface area contributed by atoms with Gasteiger partial charge < -0.3 is 5.32 Å². The quantitative estimate of drug-likeness (QED) is 0.922. The Balaban J connectivity index is 2.24. The van der Waals surface area contributed by atoms with E-state index in [0.717, 1.165) is 11.3 Å². The standard InChI is InChI=1S/C13H15N3O2S/c1-10-5-3-7-14-11(10)9-16-13-12(19(2,17)18)6-4-8-15-13/h3-8H,9H2,1-2H3,(H,15,16). The zero-order chi connectivity index (χ0) is 13.9. The fourth-order valence-corrected chi connectivity index (χ4v) is 2.50. The predicted molar refractivity (Wildman–Crippen MR) is 73.6 cm³/mol. The molecule has 0 saturated carbocycles. The van der Waals surface area contributed by atoms with E-state index >= 15 is 0 Å². The van der Waals surface area contributed by atoms with Gasteiger partial charge in [0, 0.05) is 18.6 Å². The zero-order valence-corrected chi connectivity index (χ0v) is 11.6. The van der Waals surface area contributed by atoms with E-state index in [1.807, 2.05) is 19.1 Å². The molecule has 0 fully saturated rings. The van der Waals surface area contributed by atoms with Gasteiger partial charge in [-0.2, -0.15) is 0 Å². The Morgan fingerprint density at radius 1 is 1.16 bits per heavy atom. The molecule has 0 aliphatic heterocycles. The van der Waals surface area contributed by atoms with Crippen molar-refractivity contribution in [1.82, 2.24) is 9.97 Å². The lowest BCUT2D eigenvalue weighted by atomic mass is 10.2. The summed E-state index contributed by atoms with van der Waals surface area (Å²) in [7, 11) is -3.29. The van der Waals surface area contributed by atoms with Crippen molar-refractivity contribution in [1.29, 1.82) is 0 Å². The molecule has 0 radical (unpaired) electrons. The molecule has 2 heterocycles. The van der Waals surface area contributed by atoms with Crippen molar-refractivity contribution >= 4 is 15.7 Å². The highest BCUT2D eigenvalue weighted by Crippen LogP contribution is 2.18. The minimum absolute atomic E-state index is 0.198. The van der Waals surface area contributed by atoms with Gasteiger partial charge in [-0.25, -0.2) is 13.4 Å². The lowest BCUT2D eigenvalue weighted by molar-refractivity contribution is 0.601. The third-order valence-electron chi connectivity index (χ3n) is 2.71. The van der Waals surface area contributed by atoms with E-state index in [-0.39, 0.29) is 4.90 Å². The fourth-order valence-electron chi connectivity index (χ4n) is 1.69. The van der Waals surface area contributed by atoms with Gasteiger partial charge in [-0.3, -0.25) is 4.98 Å². The van der Waals surface area contributed by atoms with Gasteiger partial charge in [0.05, 0.1) is 12.2 Å². The normalized spacial score (nSPS) is 11.3. The van der Waals surface area contributed by atoms with Gasteiger partial charge in [0.15, 0.2) is 9.84 Å². The summed E-state index contributed by atoms with van der Waals surface area (Å²) in [6, 6.07) is 6.96. The minimum atomic E-state index is -3.29. The first-order chi connectivity index (χ1) is 8.98. The Bertz CT molecular complexity index is 684. The Hall–Kier alpha value is -1.95. The van der Waals surface area contributed by atoms with E-state index in [1.54, 1.807) is 18.5 Å². The number of hydrogen-bond acceptors (Lipinski definition) is 5. The first-order valence-corrected chi connectivity index (χ1v) is 7.67. The van der Waals surface area contributed by atoms with Gasteiger partial charge >= 0.3 is 0 Å². The predicted octanol–water partition coefficient (Wildman–Crippen LogP) is 1.80. The number of rotatable bonds is 4. The van der Waals surface area contributed by atoms with Crippen LogP contribution in [-0.2, 0) is 16.4 Å². The summed E-state index contributed by atoms with van der Waals surface area (Å²) in [4.78, 5) is 8.52. The van der Waals surface area contributed by atoms with E-state index in [4.69, 9.17) is 0 Å². The van der Waals surface area contributed by atoms with Crippen LogP contribution in [0.1, 0.15) is 11.3 Å². The summed E-state index contributed by atoms with van der Waals surface area (Å²) in [5.41, 5.74) is 1.92. The number of hydrogen-bond donors (Lipinski definition) is 1. The molecule has 2 aromatic rings. The van der Waals surface area contributed by atoms with Crippen molar-refractivity contribution in [3.8, 4) is 0 Å². The molecule has 100 valence electrons. The van der Waals surface area contributed by atoms with Crippen molar-refractivity contribution in [3.63, 3.8) is 0 Å². The Morgan fingerprint density at radius 3 is 2.53 bits per heavy atom. The molecule has 0 saturated heterocycles. The smallest absolute Gasteiger partial charge is 0.179 e. The van der Waals surface area contributed by atoms with Crippen LogP contribution in [0.4, 0.5) is 5.82 Å². The molecule has 0 aliphatic rings. The first kappa shape index (κ1) is 13.5. The van der Waals surface area contributed by atoms with E-state index in [2.05, 4.69) is 15.3 Å². The summed E-state index contributed by atoms with van der Waals surface area (Å²) in [5.74, 6) is 0.357. The van der Waals surface area contributed by atoms with Crippen molar-refractivity contribution in [3.05, 3.63) is 47.9 Å². The van der Waals surface area contributed by atoms with Gasteiger partial charge in [-0.05, 0) is 30.7 Å². The van der Waals surface area contributed by atoms with Crippen LogP contribution < -0.4 is 5.32 Å². The van der Waals surface area contributed by atoms with Gasteiger partial charge in [-0.1, -0.05) is 6.07 Å². The average molecular weight is 277 g/mol. The summed E-state index contributed by atoms with van der Waals surface area (Å²) >= 11 is 0. The van der Waals surface area contributed by atoms with E-state index < -0.39 is 9.84 Å². The second-order valence-corrected chi connectivity index (χ2v) is 6.23. The molecule has 0 unspecified atom stereocenters. The van der Waals surface area contributed by atoms with Crippen molar-refractivity contribution < 1.29 is 8.42 Å². The second-order valence-electron chi connectivity index (χ2n) is 4.24. The first-order valence-electron chi connectivity index (χ1n) is 5.78. The minimum Gasteiger partial charge on any atom is -0.363 e. The Kier molecular flexibility index (Phi) is 3.80. The van der Waals surface area contributed by atoms with Crippen LogP contribution in [0.15, 0.2) is 41.6 Å². The molecule has 2 rings (SSSR count). The fraction of sp³-hybridized carbons (Fsp3) is 0.231. The van der Waals surface area contributed by atoms with Gasteiger partial charge in [0.2, 0.25) is 0 Å². The second kappa shape index (κ2) is 5.36. The third-order valence-corrected chi connectivity index (χ3v) is 3.84. The van der Waals surface area contributed by atoms with Crippen molar-refractivity contribution in [2.45, 2.75) is 18.4 Å². The van der Waals surface area contributed by atoms with Crippen LogP contribution in [0.2, 0.25) is 0 Å². The maximum Gasteiger partial charge on any atom is 0.179 e. The van der Waals surface area contributed by atoms with Gasteiger partial charge in [0.25, 0.3) is 0 Å². The molecule has 19 heavy (non-hydrogen) atoms. The monoisotopic (exact) mass is 277 g/mol. The topological polar surface area (TPSA) is 72.0 Å². The zero-order valence-electron chi connectivity index (χ0n) is 10.8. The van der Waals surface area contributed by atoms with Crippen molar-refractivity contribution in [2.24, 2.45) is 0 Å². The number of sulfone groups is 1. The number of aromatic nitrogens is 2. The van der Waals surface area contributed by atoms with Crippen LogP contribution in [0.3, 0.4) is 0 Å². The summed E-state index contributed by atoms with van der Waals surface area (Å²) in [5, 5.41) is 3.02. The lowest BCUT2D eigenvalue weighted by Crippen LogP contribution is -2.09. The highest BCUT2D eigenvalue weighted by atomic mass is 32.2. The molecule has 0 spiro atoms. The van der Waals surface area contributed by atoms with Crippen molar-refractivity contribution in [2.75, 3.05) is 11.6 Å². The summed E-state index contributed by atoms with van der Waals surface area (Å²) in [6.07, 6.45) is 4.43. The maximum atomic E-state index is 11.6. The van der Waals surface area contributed by atoms with E-state index in [0.29, 0.717) is 12.4 Å². The average Bonchev–Trinajstić information content (AvgIpc) is 2.37. The Morgan fingerprint density at radius 2 is 1.84 bits per heavy atom. The van der Waals surface area contributed by atoms with Crippen LogP contribution in [0, 0.1) is 6.92 Å². The molecule has 0 atom stereocenters. The van der Waals surface area contributed by atoms with Gasteiger partial charge in [-0.15, -0.1) is 0 Å². The van der Waals surface area contributed by atoms with Crippen LogP contribution in [0.25, 0.3) is 0 Å². The highest BCUT2D eigenvalue weighted by Gasteiger charge is 2.13. The Labute approximate surface area is 112 Å². The lowest BCUT2D eigenvalue weighted by Gasteiger charge is -2.10. The third kappa shape index (κ3) is 3.29. The number of pyridine rings is 2. The molecule has 0 aromatic carbocycles. The van der Waals surface area contributed by atoms with Gasteiger partial charge in [0.1, 0.15) is 10.7 Å². The molecule has 0 aliphatic carbocycles. The van der Waals surface area contributed by atoms with Crippen LogP contribution in [-0.4, -0.2) is 24.6 Å². The largest absolute Gasteiger partial charge is 0.363 e. The number of aryl methyl sites for hydroxylation is 1. The summed E-state index contributed by atoms with van der Waals surface area (Å²) < 4.78 is 23.3. The summed E-state index contributed by atoms with van der Waals surface area (Å²) in [6.45, 7) is 2.39. The molecular formula is C13H15N3O2S. The molecule has 0 amide bonds. The molecule has 0 bridgehead atoms. The van der Waals surface area contributed by atoms with E-state index in [1.165, 1.54) is 12.3 Å². The SMILES string of the molecule is Cc1cccnc1CNc1ncccc1S(C)(=O)=O. The molecule has 1 N–H and O–H groups in total. The molecular weight excluding hydrogens is 262 g/mol. The van der Waals surface area contributed by atoms with Crippen LogP contribution >= 0.6 is 0 Å². The maximum absolute atomic E-state index is 11.6. The van der Waals surface area contributed by atoms with Crippen LogP contribution in [0.5, 0.6) is 0 Å². The number of nitrogens with one attached hydrogen (secondary N) is 1. The molecule has 6 heteroatoms. The number of nitrogens with zero attached hydrogens (tertiary/aromatic N) is 2. The number of anilines is 1. The highest BCUT2D eigenvalue weighted by molar-refractivity contribution is 7.90.